The average molecular weight is 164 g/mol. The second-order valence-corrected chi connectivity index (χ2v) is 3.91. The Morgan fingerprint density at radius 1 is 1.55 bits per heavy atom. The molecule has 0 aromatic rings. The Morgan fingerprint density at radius 2 is 2.45 bits per heavy atom. The van der Waals surface area contributed by atoms with Crippen molar-refractivity contribution >= 4 is 11.2 Å². The van der Waals surface area contributed by atoms with Gasteiger partial charge in [-0.3, -0.25) is 0 Å². The van der Waals surface area contributed by atoms with Crippen LogP contribution in [-0.2, 0) is 11.2 Å². The van der Waals surface area contributed by atoms with E-state index < -0.39 is 11.2 Å². The molecule has 0 aromatic heterocycles. The van der Waals surface area contributed by atoms with Gasteiger partial charge in [0.05, 0.1) is 0 Å². The van der Waals surface area contributed by atoms with E-state index in [-0.39, 0.29) is 5.25 Å². The van der Waals surface area contributed by atoms with E-state index in [2.05, 4.69) is 11.8 Å². The fourth-order valence-electron chi connectivity index (χ4n) is 1.25. The van der Waals surface area contributed by atoms with Crippen LogP contribution in [0.4, 0.5) is 0 Å². The van der Waals surface area contributed by atoms with Gasteiger partial charge in [0.2, 0.25) is 5.75 Å². The van der Waals surface area contributed by atoms with Crippen LogP contribution in [0.3, 0.4) is 0 Å². The summed E-state index contributed by atoms with van der Waals surface area (Å²) in [6.45, 7) is 0. The van der Waals surface area contributed by atoms with Gasteiger partial charge >= 0.3 is 0 Å². The molecule has 0 bridgehead atoms. The van der Waals surface area contributed by atoms with Gasteiger partial charge in [0.25, 0.3) is 0 Å². The van der Waals surface area contributed by atoms with E-state index in [0.29, 0.717) is 0 Å². The lowest BCUT2D eigenvalue weighted by atomic mass is 10.1. The highest BCUT2D eigenvalue weighted by molar-refractivity contribution is 7.94. The van der Waals surface area contributed by atoms with E-state index in [9.17, 15) is 4.55 Å². The molecule has 2 radical (unpaired) electrons. The third-order valence-corrected chi connectivity index (χ3v) is 3.15. The molecule has 56 valence electrons. The van der Waals surface area contributed by atoms with Crippen LogP contribution in [0.5, 0.6) is 0 Å². The van der Waals surface area contributed by atoms with Crippen molar-refractivity contribution in [2.45, 2.75) is 11.7 Å². The Hall–Kier alpha value is -0.470. The minimum atomic E-state index is -0.913. The van der Waals surface area contributed by atoms with Crippen LogP contribution < -0.4 is 0 Å². The lowest BCUT2D eigenvalue weighted by Gasteiger charge is -2.23. The van der Waals surface area contributed by atoms with Crippen molar-refractivity contribution in [2.75, 3.05) is 0 Å². The molecule has 1 aliphatic carbocycles. The minimum Gasteiger partial charge on any atom is -0.615 e. The van der Waals surface area contributed by atoms with Gasteiger partial charge in [-0.05, 0) is 17.3 Å². The molecule has 2 atom stereocenters. The van der Waals surface area contributed by atoms with Crippen molar-refractivity contribution in [1.82, 2.24) is 0 Å². The normalized spacial score (nSPS) is 34.8. The number of hydrogen-bond acceptors (Lipinski definition) is 1. The first-order valence-electron chi connectivity index (χ1n) is 3.57. The predicted molar refractivity (Wildman–Crippen MR) is 46.2 cm³/mol. The summed E-state index contributed by atoms with van der Waals surface area (Å²) >= 11 is -0.913. The first kappa shape index (κ1) is 7.19. The predicted octanol–water partition coefficient (Wildman–Crippen LogP) is 1.60. The van der Waals surface area contributed by atoms with Crippen molar-refractivity contribution in [2.24, 2.45) is 0 Å². The number of hydrogen-bond donors (Lipinski definition) is 0. The molecule has 0 saturated carbocycles. The fourth-order valence-corrected chi connectivity index (χ4v) is 2.33. The molecule has 2 unspecified atom stereocenters. The Kier molecular flexibility index (Phi) is 1.88. The zero-order valence-electron chi connectivity index (χ0n) is 5.99. The molecule has 1 heterocycles. The molecule has 0 saturated heterocycles. The summed E-state index contributed by atoms with van der Waals surface area (Å²) in [4.78, 5) is 0. The van der Waals surface area contributed by atoms with Gasteiger partial charge in [-0.1, -0.05) is 24.3 Å². The summed E-state index contributed by atoms with van der Waals surface area (Å²) in [5.41, 5.74) is 1.17. The molecule has 2 aliphatic rings. The second-order valence-electron chi connectivity index (χ2n) is 2.51. The highest BCUT2D eigenvalue weighted by Crippen LogP contribution is 2.27. The Labute approximate surface area is 69.7 Å². The number of rotatable bonds is 0. The van der Waals surface area contributed by atoms with Gasteiger partial charge < -0.3 is 4.55 Å². The molecule has 2 heteroatoms. The van der Waals surface area contributed by atoms with Crippen LogP contribution in [0.15, 0.2) is 36.0 Å². The molecular formula is C9H8OS. The summed E-state index contributed by atoms with van der Waals surface area (Å²) in [6, 6.07) is 0. The molecule has 2 rings (SSSR count). The Balaban J connectivity index is 2.29. The largest absolute Gasteiger partial charge is 0.615 e. The van der Waals surface area contributed by atoms with Gasteiger partial charge in [0.15, 0.2) is 5.25 Å². The van der Waals surface area contributed by atoms with Gasteiger partial charge in [0.1, 0.15) is 0 Å². The number of fused-ring (bicyclic) bond motifs is 1. The van der Waals surface area contributed by atoms with E-state index in [1.54, 1.807) is 0 Å². The first-order valence-corrected chi connectivity index (χ1v) is 4.78. The third-order valence-electron chi connectivity index (χ3n) is 1.81. The molecule has 0 amide bonds. The summed E-state index contributed by atoms with van der Waals surface area (Å²) < 4.78 is 11.3. The standard InChI is InChI=1S/C9H8OS/c10-11-7-3-5-8-4-1-2-6-9(8)11/h1-2,4-6,9H,3H2. The fraction of sp³-hybridized carbons (Fsp3) is 0.222. The minimum absolute atomic E-state index is 0.0775. The molecule has 0 fully saturated rings. The topological polar surface area (TPSA) is 23.1 Å². The van der Waals surface area contributed by atoms with Gasteiger partial charge in [-0.15, -0.1) is 0 Å². The highest BCUT2D eigenvalue weighted by atomic mass is 32.2. The van der Waals surface area contributed by atoms with Crippen molar-refractivity contribution in [1.29, 1.82) is 0 Å². The summed E-state index contributed by atoms with van der Waals surface area (Å²) in [7, 11) is 0. The van der Waals surface area contributed by atoms with Crippen molar-refractivity contribution < 1.29 is 4.55 Å². The van der Waals surface area contributed by atoms with E-state index in [1.807, 2.05) is 24.3 Å². The molecule has 0 N–H and O–H groups in total. The van der Waals surface area contributed by atoms with Crippen LogP contribution in [0, 0.1) is 5.75 Å². The zero-order chi connectivity index (χ0) is 7.68. The van der Waals surface area contributed by atoms with Crippen LogP contribution in [-0.4, -0.2) is 9.80 Å². The van der Waals surface area contributed by atoms with Gasteiger partial charge in [-0.25, -0.2) is 0 Å². The highest BCUT2D eigenvalue weighted by Gasteiger charge is 2.28. The van der Waals surface area contributed by atoms with E-state index >= 15 is 0 Å². The smallest absolute Gasteiger partial charge is 0.240 e. The van der Waals surface area contributed by atoms with Crippen molar-refractivity contribution in [3.05, 3.63) is 41.7 Å². The molecule has 1 nitrogen and oxygen atoms in total. The lowest BCUT2D eigenvalue weighted by molar-refractivity contribution is 0.595. The molecular weight excluding hydrogens is 156 g/mol. The summed E-state index contributed by atoms with van der Waals surface area (Å²) in [5, 5.41) is 0.0775. The zero-order valence-corrected chi connectivity index (χ0v) is 6.80. The lowest BCUT2D eigenvalue weighted by Crippen LogP contribution is -2.24. The first-order chi connectivity index (χ1) is 5.38. The van der Waals surface area contributed by atoms with E-state index in [1.165, 1.54) is 5.57 Å². The Bertz CT molecular complexity index is 240. The third kappa shape index (κ3) is 1.28. The van der Waals surface area contributed by atoms with E-state index in [4.69, 9.17) is 0 Å². The van der Waals surface area contributed by atoms with Crippen molar-refractivity contribution in [3.63, 3.8) is 0 Å². The maximum atomic E-state index is 11.3. The van der Waals surface area contributed by atoms with Crippen molar-refractivity contribution in [3.8, 4) is 0 Å². The number of allylic oxidation sites excluding steroid dienone is 4. The summed E-state index contributed by atoms with van der Waals surface area (Å²) in [5.74, 6) is 2.89. The van der Waals surface area contributed by atoms with Gasteiger partial charge in [-0.2, -0.15) is 0 Å². The Morgan fingerprint density at radius 3 is 3.27 bits per heavy atom. The maximum Gasteiger partial charge on any atom is 0.240 e. The van der Waals surface area contributed by atoms with E-state index in [0.717, 1.165) is 6.42 Å². The second kappa shape index (κ2) is 2.88. The average Bonchev–Trinajstić information content (AvgIpc) is 2.06. The quantitative estimate of drug-likeness (QED) is 0.499. The van der Waals surface area contributed by atoms with Crippen LogP contribution in [0.1, 0.15) is 6.42 Å². The monoisotopic (exact) mass is 164 g/mol. The molecule has 11 heavy (non-hydrogen) atoms. The SMILES string of the molecule is [O-][S+]1[C]CC=C2C=CC=CC21. The van der Waals surface area contributed by atoms with Gasteiger partial charge in [0, 0.05) is 12.0 Å². The molecule has 0 aromatic carbocycles. The van der Waals surface area contributed by atoms with Crippen LogP contribution >= 0.6 is 0 Å². The van der Waals surface area contributed by atoms with Crippen LogP contribution in [0.25, 0.3) is 0 Å². The maximum absolute atomic E-state index is 11.3. The molecule has 1 aliphatic heterocycles. The van der Waals surface area contributed by atoms with Crippen LogP contribution in [0.2, 0.25) is 0 Å². The summed E-state index contributed by atoms with van der Waals surface area (Å²) in [6.07, 6.45) is 10.7. The molecule has 0 spiro atoms.